The van der Waals surface area contributed by atoms with Crippen LogP contribution in [0, 0.1) is 11.8 Å². The van der Waals surface area contributed by atoms with Crippen LogP contribution in [0.1, 0.15) is 23.2 Å². The van der Waals surface area contributed by atoms with Gasteiger partial charge in [0.2, 0.25) is 11.8 Å². The average Bonchev–Trinajstić information content (AvgIpc) is 3.04. The summed E-state index contributed by atoms with van der Waals surface area (Å²) in [7, 11) is 1.41. The second-order valence-corrected chi connectivity index (χ2v) is 8.37. The quantitative estimate of drug-likeness (QED) is 0.540. The molecule has 0 N–H and O–H groups in total. The van der Waals surface area contributed by atoms with Gasteiger partial charge in [-0.1, -0.05) is 30.4 Å². The van der Waals surface area contributed by atoms with Crippen molar-refractivity contribution in [3.8, 4) is 11.4 Å². The number of fused-ring (bicyclic) bond motifs is 1. The summed E-state index contributed by atoms with van der Waals surface area (Å²) in [6, 6.07) is 10.0. The molecule has 0 spiro atoms. The molecule has 2 aromatic rings. The summed E-state index contributed by atoms with van der Waals surface area (Å²) in [4.78, 5) is 54.2. The van der Waals surface area contributed by atoms with Crippen LogP contribution in [-0.4, -0.2) is 58.3 Å². The Labute approximate surface area is 184 Å². The molecular formula is C24H23N3O5. The largest absolute Gasteiger partial charge is 0.496 e. The fourth-order valence-corrected chi connectivity index (χ4v) is 4.78. The first-order chi connectivity index (χ1) is 15.5. The first-order valence-corrected chi connectivity index (χ1v) is 10.7. The van der Waals surface area contributed by atoms with Crippen molar-refractivity contribution in [3.63, 3.8) is 0 Å². The number of likely N-dealkylation sites (tertiary alicyclic amines) is 2. The van der Waals surface area contributed by atoms with Gasteiger partial charge in [0.1, 0.15) is 5.75 Å². The van der Waals surface area contributed by atoms with Crippen molar-refractivity contribution in [1.82, 2.24) is 14.4 Å². The number of allylic oxidation sites excluding steroid dienone is 2. The van der Waals surface area contributed by atoms with E-state index in [1.54, 1.807) is 17.0 Å². The molecule has 2 fully saturated rings. The number of amides is 3. The minimum Gasteiger partial charge on any atom is -0.496 e. The standard InChI is InChI=1S/C24H23N3O5/c1-32-20-11-21(28)26(15-7-3-2-4-8-15)14-19(20)22(29)25-12-16(13-25)27-23(30)17-9-5-6-10-18(17)24(27)31/h2-8,11,14,16-18H,9-10,12-13H2,1H3. The van der Waals surface area contributed by atoms with E-state index in [0.717, 1.165) is 0 Å². The third-order valence-electron chi connectivity index (χ3n) is 6.56. The number of pyridine rings is 1. The number of carbonyl (C=O) groups excluding carboxylic acids is 3. The molecule has 8 nitrogen and oxygen atoms in total. The van der Waals surface area contributed by atoms with Crippen LogP contribution < -0.4 is 10.3 Å². The molecule has 3 aliphatic rings. The molecule has 2 unspecified atom stereocenters. The Balaban J connectivity index is 1.36. The van der Waals surface area contributed by atoms with E-state index < -0.39 is 0 Å². The number of carbonyl (C=O) groups is 3. The lowest BCUT2D eigenvalue weighted by Gasteiger charge is -2.43. The van der Waals surface area contributed by atoms with Gasteiger partial charge in [0.15, 0.2) is 0 Å². The molecule has 8 heteroatoms. The highest BCUT2D eigenvalue weighted by Crippen LogP contribution is 2.37. The molecule has 0 saturated carbocycles. The second-order valence-electron chi connectivity index (χ2n) is 8.37. The van der Waals surface area contributed by atoms with Crippen LogP contribution in [0.3, 0.4) is 0 Å². The highest BCUT2D eigenvalue weighted by atomic mass is 16.5. The Morgan fingerprint density at radius 3 is 2.19 bits per heavy atom. The van der Waals surface area contributed by atoms with Gasteiger partial charge in [-0.05, 0) is 25.0 Å². The molecule has 2 aliphatic heterocycles. The number of imide groups is 1. The summed E-state index contributed by atoms with van der Waals surface area (Å²) in [6.45, 7) is 0.549. The summed E-state index contributed by atoms with van der Waals surface area (Å²) in [5, 5.41) is 0. The molecule has 1 aliphatic carbocycles. The Bertz CT molecular complexity index is 1150. The molecular weight excluding hydrogens is 410 g/mol. The van der Waals surface area contributed by atoms with Crippen LogP contribution in [0.25, 0.3) is 5.69 Å². The van der Waals surface area contributed by atoms with Crippen molar-refractivity contribution in [2.45, 2.75) is 18.9 Å². The number of benzene rings is 1. The number of para-hydroxylation sites is 1. The van der Waals surface area contributed by atoms with E-state index in [1.807, 2.05) is 30.4 Å². The molecule has 3 amide bonds. The Hall–Kier alpha value is -3.68. The fraction of sp³-hybridized carbons (Fsp3) is 0.333. The zero-order valence-electron chi connectivity index (χ0n) is 17.6. The van der Waals surface area contributed by atoms with Gasteiger partial charge in [-0.2, -0.15) is 0 Å². The van der Waals surface area contributed by atoms with Crippen molar-refractivity contribution in [3.05, 3.63) is 70.7 Å². The summed E-state index contributed by atoms with van der Waals surface area (Å²) in [6.07, 6.45) is 6.60. The molecule has 5 rings (SSSR count). The predicted molar refractivity (Wildman–Crippen MR) is 115 cm³/mol. The third-order valence-corrected chi connectivity index (χ3v) is 6.56. The Morgan fingerprint density at radius 2 is 1.59 bits per heavy atom. The lowest BCUT2D eigenvalue weighted by molar-refractivity contribution is -0.145. The van der Waals surface area contributed by atoms with Crippen molar-refractivity contribution in [1.29, 1.82) is 0 Å². The van der Waals surface area contributed by atoms with E-state index in [2.05, 4.69) is 0 Å². The molecule has 2 atom stereocenters. The summed E-state index contributed by atoms with van der Waals surface area (Å²) >= 11 is 0. The van der Waals surface area contributed by atoms with Crippen molar-refractivity contribution in [2.24, 2.45) is 11.8 Å². The van der Waals surface area contributed by atoms with E-state index in [-0.39, 0.29) is 65.6 Å². The van der Waals surface area contributed by atoms with Crippen LogP contribution in [0.5, 0.6) is 5.75 Å². The Morgan fingerprint density at radius 1 is 0.969 bits per heavy atom. The summed E-state index contributed by atoms with van der Waals surface area (Å²) < 4.78 is 6.70. The lowest BCUT2D eigenvalue weighted by atomic mass is 9.85. The Kier molecular flexibility index (Phi) is 4.92. The van der Waals surface area contributed by atoms with E-state index >= 15 is 0 Å². The molecule has 0 radical (unpaired) electrons. The maximum absolute atomic E-state index is 13.2. The molecule has 0 bridgehead atoms. The normalized spacial score (nSPS) is 22.7. The van der Waals surface area contributed by atoms with Gasteiger partial charge in [0, 0.05) is 31.0 Å². The van der Waals surface area contributed by atoms with Gasteiger partial charge in [0.25, 0.3) is 11.5 Å². The maximum Gasteiger partial charge on any atom is 0.259 e. The number of hydrogen-bond donors (Lipinski definition) is 0. The first-order valence-electron chi connectivity index (χ1n) is 10.7. The van der Waals surface area contributed by atoms with Gasteiger partial charge in [-0.3, -0.25) is 28.6 Å². The van der Waals surface area contributed by atoms with E-state index in [4.69, 9.17) is 4.74 Å². The van der Waals surface area contributed by atoms with Crippen LogP contribution in [-0.2, 0) is 9.59 Å². The fourth-order valence-electron chi connectivity index (χ4n) is 4.78. The lowest BCUT2D eigenvalue weighted by Crippen LogP contribution is -2.62. The van der Waals surface area contributed by atoms with Crippen molar-refractivity contribution >= 4 is 17.7 Å². The van der Waals surface area contributed by atoms with E-state index in [0.29, 0.717) is 18.5 Å². The molecule has 1 aromatic carbocycles. The maximum atomic E-state index is 13.2. The topological polar surface area (TPSA) is 88.9 Å². The van der Waals surface area contributed by atoms with Crippen molar-refractivity contribution < 1.29 is 19.1 Å². The number of nitrogens with zero attached hydrogens (tertiary/aromatic N) is 3. The molecule has 164 valence electrons. The third kappa shape index (κ3) is 3.14. The monoisotopic (exact) mass is 433 g/mol. The van der Waals surface area contributed by atoms with Gasteiger partial charge in [-0.15, -0.1) is 0 Å². The minimum absolute atomic E-state index is 0.128. The highest BCUT2D eigenvalue weighted by Gasteiger charge is 2.52. The van der Waals surface area contributed by atoms with Gasteiger partial charge < -0.3 is 9.64 Å². The van der Waals surface area contributed by atoms with Gasteiger partial charge >= 0.3 is 0 Å². The van der Waals surface area contributed by atoms with Crippen LogP contribution in [0.15, 0.2) is 59.5 Å². The highest BCUT2D eigenvalue weighted by molar-refractivity contribution is 6.06. The van der Waals surface area contributed by atoms with Crippen LogP contribution in [0.2, 0.25) is 0 Å². The zero-order valence-corrected chi connectivity index (χ0v) is 17.6. The molecule has 2 saturated heterocycles. The average molecular weight is 433 g/mol. The van der Waals surface area contributed by atoms with Gasteiger partial charge in [-0.25, -0.2) is 0 Å². The smallest absolute Gasteiger partial charge is 0.259 e. The van der Waals surface area contributed by atoms with E-state index in [1.165, 1.54) is 28.8 Å². The minimum atomic E-state index is -0.310. The van der Waals surface area contributed by atoms with Crippen LogP contribution >= 0.6 is 0 Å². The SMILES string of the molecule is COc1cc(=O)n(-c2ccccc2)cc1C(=O)N1CC(N2C(=O)C3CC=CCC3C2=O)C1. The number of methoxy groups -OCH3 is 1. The van der Waals surface area contributed by atoms with E-state index in [9.17, 15) is 19.2 Å². The number of aromatic nitrogens is 1. The number of hydrogen-bond acceptors (Lipinski definition) is 5. The number of rotatable bonds is 4. The van der Waals surface area contributed by atoms with Crippen molar-refractivity contribution in [2.75, 3.05) is 20.2 Å². The summed E-state index contributed by atoms with van der Waals surface area (Å²) in [5.74, 6) is -0.908. The molecule has 32 heavy (non-hydrogen) atoms. The first kappa shape index (κ1) is 20.2. The van der Waals surface area contributed by atoms with Crippen LogP contribution in [0.4, 0.5) is 0 Å². The van der Waals surface area contributed by atoms with Gasteiger partial charge in [0.05, 0.1) is 30.6 Å². The number of ether oxygens (including phenoxy) is 1. The molecule has 3 heterocycles. The zero-order chi connectivity index (χ0) is 22.4. The second kappa shape index (κ2) is 7.78. The summed E-state index contributed by atoms with van der Waals surface area (Å²) in [5.41, 5.74) is 0.585. The predicted octanol–water partition coefficient (Wildman–Crippen LogP) is 1.62. The molecule has 1 aromatic heterocycles.